The Balaban J connectivity index is 1.47. The van der Waals surface area contributed by atoms with Crippen LogP contribution in [0.3, 0.4) is 0 Å². The molecule has 2 aliphatic rings. The van der Waals surface area contributed by atoms with Gasteiger partial charge in [0.15, 0.2) is 5.82 Å². The first-order chi connectivity index (χ1) is 19.6. The highest BCUT2D eigenvalue weighted by atomic mass is 32.2. The maximum Gasteiger partial charge on any atom is 0.256 e. The number of anilines is 4. The number of benzene rings is 1. The van der Waals surface area contributed by atoms with Crippen LogP contribution in [0.2, 0.25) is 0 Å². The van der Waals surface area contributed by atoms with Crippen LogP contribution in [-0.2, 0) is 22.6 Å². The second-order valence-electron chi connectivity index (χ2n) is 11.2. The van der Waals surface area contributed by atoms with Gasteiger partial charge < -0.3 is 20.9 Å². The van der Waals surface area contributed by atoms with Crippen molar-refractivity contribution in [3.05, 3.63) is 71.4 Å². The number of fused-ring (bicyclic) bond motifs is 1. The molecule has 2 aliphatic carbocycles. The minimum absolute atomic E-state index is 0.259. The smallest absolute Gasteiger partial charge is 0.256 e. The van der Waals surface area contributed by atoms with Crippen molar-refractivity contribution in [1.29, 1.82) is 0 Å². The Morgan fingerprint density at radius 1 is 1.17 bits per heavy atom. The van der Waals surface area contributed by atoms with Crippen LogP contribution < -0.4 is 16.0 Å². The zero-order valence-corrected chi connectivity index (χ0v) is 24.9. The van der Waals surface area contributed by atoms with E-state index < -0.39 is 9.73 Å². The molecule has 3 aromatic rings. The van der Waals surface area contributed by atoms with Crippen molar-refractivity contribution < 1.29 is 9.00 Å². The van der Waals surface area contributed by atoms with E-state index in [4.69, 9.17) is 0 Å². The number of nitrogens with one attached hydrogen (secondary N) is 3. The van der Waals surface area contributed by atoms with E-state index >= 15 is 0 Å². The van der Waals surface area contributed by atoms with Gasteiger partial charge in [-0.05, 0) is 93.1 Å². The molecule has 0 bridgehead atoms. The summed E-state index contributed by atoms with van der Waals surface area (Å²) in [7, 11) is 1.94. The molecule has 0 saturated heterocycles. The quantitative estimate of drug-likeness (QED) is 0.291. The first-order valence-corrected chi connectivity index (χ1v) is 16.2. The number of amides is 1. The molecule has 216 valence electrons. The molecule has 3 N–H and O–H groups in total. The van der Waals surface area contributed by atoms with Crippen molar-refractivity contribution in [3.63, 3.8) is 0 Å². The summed E-state index contributed by atoms with van der Waals surface area (Å²) in [5.41, 5.74) is 5.53. The van der Waals surface area contributed by atoms with Gasteiger partial charge in [0.05, 0.1) is 0 Å². The molecular weight excluding hydrogens is 536 g/mol. The lowest BCUT2D eigenvalue weighted by Crippen LogP contribution is -2.34. The van der Waals surface area contributed by atoms with E-state index in [0.717, 1.165) is 24.9 Å². The average molecular weight is 575 g/mol. The lowest BCUT2D eigenvalue weighted by Gasteiger charge is -2.32. The SMILES string of the molecule is C=CCNC(=O)c1cnc(Nc2cc3c(c(C4CC4)c2)CC(N(C)C)CC3)nc1Nc1cccc(N=S(C)(C)=O)n1. The Bertz CT molecular complexity index is 1580. The summed E-state index contributed by atoms with van der Waals surface area (Å²) in [4.78, 5) is 28.9. The van der Waals surface area contributed by atoms with E-state index in [0.29, 0.717) is 36.1 Å². The van der Waals surface area contributed by atoms with Gasteiger partial charge >= 0.3 is 0 Å². The Morgan fingerprint density at radius 2 is 1.98 bits per heavy atom. The van der Waals surface area contributed by atoms with Gasteiger partial charge in [-0.1, -0.05) is 12.1 Å². The zero-order chi connectivity index (χ0) is 29.1. The van der Waals surface area contributed by atoms with Gasteiger partial charge in [0.1, 0.15) is 17.2 Å². The van der Waals surface area contributed by atoms with E-state index in [9.17, 15) is 9.00 Å². The summed E-state index contributed by atoms with van der Waals surface area (Å²) in [6, 6.07) is 10.2. The molecule has 2 heterocycles. The number of likely N-dealkylation sites (N-methyl/N-ethyl adjacent to an activating group) is 1. The van der Waals surface area contributed by atoms with Gasteiger partial charge in [0, 0.05) is 46.7 Å². The monoisotopic (exact) mass is 574 g/mol. The van der Waals surface area contributed by atoms with Crippen LogP contribution >= 0.6 is 0 Å². The molecule has 1 atom stereocenters. The summed E-state index contributed by atoms with van der Waals surface area (Å²) in [5, 5.41) is 9.31. The topological polar surface area (TPSA) is 125 Å². The van der Waals surface area contributed by atoms with Crippen LogP contribution in [0.15, 0.2) is 53.5 Å². The Kier molecular flexibility index (Phi) is 8.37. The van der Waals surface area contributed by atoms with Crippen molar-refractivity contribution in [2.24, 2.45) is 4.36 Å². The highest BCUT2D eigenvalue weighted by Crippen LogP contribution is 2.45. The third-order valence-corrected chi connectivity index (χ3v) is 7.93. The van der Waals surface area contributed by atoms with Crippen LogP contribution in [0, 0.1) is 0 Å². The van der Waals surface area contributed by atoms with Crippen LogP contribution in [0.1, 0.15) is 52.2 Å². The minimum Gasteiger partial charge on any atom is -0.348 e. The van der Waals surface area contributed by atoms with Crippen LogP contribution in [0.4, 0.5) is 29.1 Å². The highest BCUT2D eigenvalue weighted by molar-refractivity contribution is 7.92. The Hall–Kier alpha value is -3.83. The molecule has 0 aliphatic heterocycles. The van der Waals surface area contributed by atoms with Crippen molar-refractivity contribution in [3.8, 4) is 0 Å². The summed E-state index contributed by atoms with van der Waals surface area (Å²) < 4.78 is 16.4. The maximum absolute atomic E-state index is 12.9. The molecule has 11 heteroatoms. The molecule has 5 rings (SSSR count). The van der Waals surface area contributed by atoms with E-state index in [1.807, 2.05) is 0 Å². The number of rotatable bonds is 10. The molecule has 2 aromatic heterocycles. The van der Waals surface area contributed by atoms with Gasteiger partial charge in [0.25, 0.3) is 5.91 Å². The number of nitrogens with zero attached hydrogens (tertiary/aromatic N) is 5. The van der Waals surface area contributed by atoms with Crippen LogP contribution in [-0.4, -0.2) is 69.2 Å². The standard InChI is InChI=1S/C30H38N8O2S/c1-6-14-31-29(39)25-18-32-30(36-28(25)35-26-8-7-9-27(34-26)37-41(4,5)40)33-21-15-20-12-13-22(38(2)3)17-24(20)23(16-21)19-10-11-19/h6-9,15-16,18-19,22H,1,10-14,17H2,2-5H3,(H,31,39)(H2,32,33,34,35,36). The minimum atomic E-state index is -2.39. The lowest BCUT2D eigenvalue weighted by molar-refractivity contribution is 0.0958. The molecule has 41 heavy (non-hydrogen) atoms. The van der Waals surface area contributed by atoms with E-state index in [-0.39, 0.29) is 17.3 Å². The number of aryl methyl sites for hydroxylation is 1. The molecular formula is C30H38N8O2S. The van der Waals surface area contributed by atoms with Crippen molar-refractivity contribution in [2.75, 3.05) is 43.8 Å². The fraction of sp³-hybridized carbons (Fsp3) is 0.400. The summed E-state index contributed by atoms with van der Waals surface area (Å²) in [5.74, 6) is 1.67. The van der Waals surface area contributed by atoms with E-state index in [2.05, 4.69) is 73.0 Å². The Morgan fingerprint density at radius 3 is 2.68 bits per heavy atom. The van der Waals surface area contributed by atoms with Gasteiger partial charge in [-0.15, -0.1) is 6.58 Å². The second kappa shape index (κ2) is 12.0. The van der Waals surface area contributed by atoms with Crippen LogP contribution in [0.25, 0.3) is 0 Å². The number of hydrogen-bond donors (Lipinski definition) is 3. The lowest BCUT2D eigenvalue weighted by atomic mass is 9.83. The number of pyridine rings is 1. The van der Waals surface area contributed by atoms with Crippen molar-refractivity contribution in [2.45, 2.75) is 44.1 Å². The molecule has 10 nitrogen and oxygen atoms in total. The summed E-state index contributed by atoms with van der Waals surface area (Å²) in [6.07, 6.45) is 11.9. The molecule has 0 radical (unpaired) electrons. The zero-order valence-electron chi connectivity index (χ0n) is 24.1. The van der Waals surface area contributed by atoms with E-state index in [1.165, 1.54) is 35.7 Å². The molecule has 1 fully saturated rings. The Labute approximate surface area is 242 Å². The van der Waals surface area contributed by atoms with Crippen molar-refractivity contribution >= 4 is 44.7 Å². The van der Waals surface area contributed by atoms with E-state index in [1.54, 1.807) is 36.8 Å². The molecule has 1 amide bonds. The fourth-order valence-electron chi connectivity index (χ4n) is 5.14. The molecule has 1 unspecified atom stereocenters. The predicted molar refractivity (Wildman–Crippen MR) is 165 cm³/mol. The number of carbonyl (C=O) groups is 1. The van der Waals surface area contributed by atoms with Gasteiger partial charge in [0.2, 0.25) is 5.95 Å². The second-order valence-corrected chi connectivity index (χ2v) is 13.7. The van der Waals surface area contributed by atoms with Crippen molar-refractivity contribution in [1.82, 2.24) is 25.2 Å². The summed E-state index contributed by atoms with van der Waals surface area (Å²) in [6.45, 7) is 3.97. The van der Waals surface area contributed by atoms with Gasteiger partial charge in [-0.25, -0.2) is 14.2 Å². The van der Waals surface area contributed by atoms with Crippen LogP contribution in [0.5, 0.6) is 0 Å². The number of hydrogen-bond acceptors (Lipinski definition) is 9. The third kappa shape index (κ3) is 7.28. The average Bonchev–Trinajstić information content (AvgIpc) is 3.76. The summed E-state index contributed by atoms with van der Waals surface area (Å²) >= 11 is 0. The first-order valence-electron chi connectivity index (χ1n) is 13.9. The normalized spacial score (nSPS) is 16.6. The van der Waals surface area contributed by atoms with Gasteiger partial charge in [-0.2, -0.15) is 9.35 Å². The number of aromatic nitrogens is 3. The third-order valence-electron chi connectivity index (χ3n) is 7.30. The molecule has 1 aromatic carbocycles. The largest absolute Gasteiger partial charge is 0.348 e. The highest BCUT2D eigenvalue weighted by Gasteiger charge is 2.31. The number of carbonyl (C=O) groups excluding carboxylic acids is 1. The molecule has 0 spiro atoms. The fourth-order valence-corrected chi connectivity index (χ4v) is 5.70. The van der Waals surface area contributed by atoms with Gasteiger partial charge in [-0.3, -0.25) is 4.79 Å². The first kappa shape index (κ1) is 28.7. The molecule has 1 saturated carbocycles. The predicted octanol–water partition coefficient (Wildman–Crippen LogP) is 4.93. The maximum atomic E-state index is 12.9.